The first-order valence-electron chi connectivity index (χ1n) is 6.49. The van der Waals surface area contributed by atoms with Gasteiger partial charge in [-0.1, -0.05) is 29.8 Å². The van der Waals surface area contributed by atoms with Crippen molar-refractivity contribution in [3.8, 4) is 11.1 Å². The fourth-order valence-corrected chi connectivity index (χ4v) is 2.56. The molecule has 0 aliphatic carbocycles. The number of carbonyl (C=O) groups is 1. The maximum Gasteiger partial charge on any atom is 0.339 e. The molecule has 0 aliphatic heterocycles. The van der Waals surface area contributed by atoms with E-state index < -0.39 is 5.97 Å². The van der Waals surface area contributed by atoms with Crippen LogP contribution in [0.1, 0.15) is 10.4 Å². The van der Waals surface area contributed by atoms with Crippen LogP contribution in [0.4, 0.5) is 5.82 Å². The number of anilines is 1. The summed E-state index contributed by atoms with van der Waals surface area (Å²) in [5, 5.41) is 1.09. The summed E-state index contributed by atoms with van der Waals surface area (Å²) in [5.41, 5.74) is 8.63. The summed E-state index contributed by atoms with van der Waals surface area (Å²) in [5.74, 6) is -0.0508. The largest absolute Gasteiger partial charge is 0.465 e. The molecule has 2 N–H and O–H groups in total. The number of nitrogen functional groups attached to an aromatic ring is 1. The second-order valence-corrected chi connectivity index (χ2v) is 5.05. The molecule has 1 aromatic heterocycles. The van der Waals surface area contributed by atoms with Crippen molar-refractivity contribution in [2.75, 3.05) is 12.8 Å². The Morgan fingerprint density at radius 3 is 2.77 bits per heavy atom. The number of carbonyl (C=O) groups excluding carboxylic acids is 1. The SMILES string of the molecule is COC(=O)c1ccc(-c2cccc3c(N)ncnc23)cc1Cl. The molecule has 3 aromatic rings. The standard InChI is InChI=1S/C16H12ClN3O2/c1-22-16(21)11-6-5-9(7-13(11)17)10-3-2-4-12-14(10)19-8-20-15(12)18/h2-8H,1H3,(H2,18,19,20). The summed E-state index contributed by atoms with van der Waals surface area (Å²) < 4.78 is 4.69. The van der Waals surface area contributed by atoms with E-state index in [-0.39, 0.29) is 0 Å². The van der Waals surface area contributed by atoms with Crippen molar-refractivity contribution in [3.63, 3.8) is 0 Å². The van der Waals surface area contributed by atoms with Crippen LogP contribution >= 0.6 is 11.6 Å². The Hall–Kier alpha value is -2.66. The Bertz CT molecular complexity index is 880. The van der Waals surface area contributed by atoms with Crippen molar-refractivity contribution in [3.05, 3.63) is 53.3 Å². The maximum absolute atomic E-state index is 11.6. The van der Waals surface area contributed by atoms with Gasteiger partial charge in [0.15, 0.2) is 0 Å². The van der Waals surface area contributed by atoms with Gasteiger partial charge in [0.25, 0.3) is 0 Å². The highest BCUT2D eigenvalue weighted by molar-refractivity contribution is 6.34. The Morgan fingerprint density at radius 2 is 2.05 bits per heavy atom. The lowest BCUT2D eigenvalue weighted by Gasteiger charge is -2.09. The molecule has 0 spiro atoms. The van der Waals surface area contributed by atoms with Gasteiger partial charge in [-0.25, -0.2) is 14.8 Å². The zero-order valence-electron chi connectivity index (χ0n) is 11.7. The Labute approximate surface area is 131 Å². The smallest absolute Gasteiger partial charge is 0.339 e. The highest BCUT2D eigenvalue weighted by Crippen LogP contribution is 2.31. The fraction of sp³-hybridized carbons (Fsp3) is 0.0625. The Kier molecular flexibility index (Phi) is 3.65. The zero-order valence-corrected chi connectivity index (χ0v) is 12.5. The number of hydrogen-bond acceptors (Lipinski definition) is 5. The van der Waals surface area contributed by atoms with Crippen molar-refractivity contribution >= 4 is 34.3 Å². The molecule has 5 nitrogen and oxygen atoms in total. The van der Waals surface area contributed by atoms with Gasteiger partial charge in [0.05, 0.1) is 23.2 Å². The van der Waals surface area contributed by atoms with Gasteiger partial charge in [-0.05, 0) is 23.8 Å². The van der Waals surface area contributed by atoms with E-state index in [1.54, 1.807) is 18.2 Å². The molecule has 22 heavy (non-hydrogen) atoms. The summed E-state index contributed by atoms with van der Waals surface area (Å²) in [4.78, 5) is 19.9. The number of fused-ring (bicyclic) bond motifs is 1. The second-order valence-electron chi connectivity index (χ2n) is 4.65. The molecule has 0 aliphatic rings. The fourth-order valence-electron chi connectivity index (χ4n) is 2.30. The van der Waals surface area contributed by atoms with Crippen LogP contribution in [-0.2, 0) is 4.74 Å². The van der Waals surface area contributed by atoms with Crippen molar-refractivity contribution in [2.24, 2.45) is 0 Å². The van der Waals surface area contributed by atoms with Gasteiger partial charge in [-0.3, -0.25) is 0 Å². The summed E-state index contributed by atoms with van der Waals surface area (Å²) >= 11 is 6.18. The number of ether oxygens (including phenoxy) is 1. The van der Waals surface area contributed by atoms with Crippen molar-refractivity contribution < 1.29 is 9.53 Å². The minimum atomic E-state index is -0.471. The average Bonchev–Trinajstić information content (AvgIpc) is 2.54. The average molecular weight is 314 g/mol. The molecule has 0 saturated carbocycles. The molecule has 0 amide bonds. The molecule has 2 aromatic carbocycles. The van der Waals surface area contributed by atoms with Crippen LogP contribution in [0.3, 0.4) is 0 Å². The number of esters is 1. The molecule has 0 saturated heterocycles. The minimum absolute atomic E-state index is 0.322. The van der Waals surface area contributed by atoms with Crippen LogP contribution in [0.5, 0.6) is 0 Å². The molecule has 3 rings (SSSR count). The molecule has 6 heteroatoms. The van der Waals surface area contributed by atoms with Gasteiger partial charge < -0.3 is 10.5 Å². The topological polar surface area (TPSA) is 78.1 Å². The van der Waals surface area contributed by atoms with Gasteiger partial charge in [-0.15, -0.1) is 0 Å². The summed E-state index contributed by atoms with van der Waals surface area (Å²) in [6, 6.07) is 10.8. The lowest BCUT2D eigenvalue weighted by molar-refractivity contribution is 0.0601. The van der Waals surface area contributed by atoms with E-state index in [0.717, 1.165) is 22.0 Å². The Balaban J connectivity index is 2.18. The number of methoxy groups -OCH3 is 1. The van der Waals surface area contributed by atoms with Crippen LogP contribution in [0.25, 0.3) is 22.0 Å². The summed E-state index contributed by atoms with van der Waals surface area (Å²) in [6.45, 7) is 0. The van der Waals surface area contributed by atoms with Crippen molar-refractivity contribution in [1.29, 1.82) is 0 Å². The van der Waals surface area contributed by atoms with E-state index in [9.17, 15) is 4.79 Å². The second kappa shape index (κ2) is 5.61. The normalized spacial score (nSPS) is 10.6. The van der Waals surface area contributed by atoms with Crippen molar-refractivity contribution in [2.45, 2.75) is 0 Å². The molecular formula is C16H12ClN3O2. The van der Waals surface area contributed by atoms with E-state index in [0.29, 0.717) is 16.4 Å². The number of benzene rings is 2. The van der Waals surface area contributed by atoms with Gasteiger partial charge in [0.1, 0.15) is 12.1 Å². The first-order chi connectivity index (χ1) is 10.6. The van der Waals surface area contributed by atoms with Crippen LogP contribution < -0.4 is 5.73 Å². The zero-order chi connectivity index (χ0) is 15.7. The van der Waals surface area contributed by atoms with Crippen LogP contribution in [0, 0.1) is 0 Å². The van der Waals surface area contributed by atoms with Gasteiger partial charge in [0, 0.05) is 10.9 Å². The molecule has 110 valence electrons. The predicted octanol–water partition coefficient (Wildman–Crippen LogP) is 3.32. The number of nitrogens with zero attached hydrogens (tertiary/aromatic N) is 2. The highest BCUT2D eigenvalue weighted by Gasteiger charge is 2.13. The maximum atomic E-state index is 11.6. The molecule has 0 radical (unpaired) electrons. The van der Waals surface area contributed by atoms with E-state index in [1.165, 1.54) is 13.4 Å². The molecule has 0 unspecified atom stereocenters. The van der Waals surface area contributed by atoms with Gasteiger partial charge >= 0.3 is 5.97 Å². The van der Waals surface area contributed by atoms with E-state index in [1.807, 2.05) is 18.2 Å². The predicted molar refractivity (Wildman–Crippen MR) is 85.7 cm³/mol. The third-order valence-corrected chi connectivity index (χ3v) is 3.69. The number of aromatic nitrogens is 2. The van der Waals surface area contributed by atoms with E-state index in [4.69, 9.17) is 17.3 Å². The first-order valence-corrected chi connectivity index (χ1v) is 6.87. The van der Waals surface area contributed by atoms with Crippen molar-refractivity contribution in [1.82, 2.24) is 9.97 Å². The lowest BCUT2D eigenvalue weighted by atomic mass is 10.0. The molecule has 0 fully saturated rings. The number of hydrogen-bond donors (Lipinski definition) is 1. The van der Waals surface area contributed by atoms with Gasteiger partial charge in [0.2, 0.25) is 0 Å². The lowest BCUT2D eigenvalue weighted by Crippen LogP contribution is -2.02. The quantitative estimate of drug-likeness (QED) is 0.734. The minimum Gasteiger partial charge on any atom is -0.465 e. The summed E-state index contributed by atoms with van der Waals surface area (Å²) in [7, 11) is 1.32. The monoisotopic (exact) mass is 313 g/mol. The van der Waals surface area contributed by atoms with Gasteiger partial charge in [-0.2, -0.15) is 0 Å². The molecule has 0 atom stereocenters. The summed E-state index contributed by atoms with van der Waals surface area (Å²) in [6.07, 6.45) is 1.42. The molecular weight excluding hydrogens is 302 g/mol. The number of rotatable bonds is 2. The third-order valence-electron chi connectivity index (χ3n) is 3.38. The molecule has 1 heterocycles. The van der Waals surface area contributed by atoms with Crippen LogP contribution in [0.2, 0.25) is 5.02 Å². The highest BCUT2D eigenvalue weighted by atomic mass is 35.5. The van der Waals surface area contributed by atoms with E-state index >= 15 is 0 Å². The first kappa shape index (κ1) is 14.3. The number of para-hydroxylation sites is 1. The van der Waals surface area contributed by atoms with Crippen LogP contribution in [-0.4, -0.2) is 23.0 Å². The Morgan fingerprint density at radius 1 is 1.23 bits per heavy atom. The number of halogens is 1. The third kappa shape index (κ3) is 2.35. The number of nitrogens with two attached hydrogens (primary N) is 1. The van der Waals surface area contributed by atoms with E-state index in [2.05, 4.69) is 14.7 Å². The van der Waals surface area contributed by atoms with Crippen LogP contribution in [0.15, 0.2) is 42.7 Å². The molecule has 0 bridgehead atoms.